The summed E-state index contributed by atoms with van der Waals surface area (Å²) in [6, 6.07) is 5.07. The van der Waals surface area contributed by atoms with Crippen molar-refractivity contribution in [3.05, 3.63) is 40.5 Å². The van der Waals surface area contributed by atoms with Crippen LogP contribution < -0.4 is 10.2 Å². The van der Waals surface area contributed by atoms with E-state index in [0.29, 0.717) is 11.5 Å². The maximum Gasteiger partial charge on any atom is 0.128 e. The summed E-state index contributed by atoms with van der Waals surface area (Å²) in [5.74, 6) is 1.05. The van der Waals surface area contributed by atoms with Crippen LogP contribution in [0.3, 0.4) is 0 Å². The second kappa shape index (κ2) is 7.62. The van der Waals surface area contributed by atoms with Crippen molar-refractivity contribution in [3.8, 4) is 0 Å². The molecule has 1 spiro atoms. The summed E-state index contributed by atoms with van der Waals surface area (Å²) in [5, 5.41) is 6.81. The van der Waals surface area contributed by atoms with E-state index in [4.69, 9.17) is 0 Å². The second-order valence-electron chi connectivity index (χ2n) is 7.70. The standard InChI is InChI=1S/C20H29N5S/c1-3-24(2)18-5-4-16(13-23-18)14-25(15-19-22-10-11-26-19)17-12-20(17)6-8-21-9-7-20/h4-5,10-11,13,17,21H,3,6-9,12,14-15H2,1-2H3. The van der Waals surface area contributed by atoms with Crippen molar-refractivity contribution in [1.82, 2.24) is 20.2 Å². The summed E-state index contributed by atoms with van der Waals surface area (Å²) >= 11 is 1.76. The van der Waals surface area contributed by atoms with Crippen LogP contribution in [0.1, 0.15) is 36.8 Å². The first kappa shape index (κ1) is 17.9. The van der Waals surface area contributed by atoms with Crippen molar-refractivity contribution in [1.29, 1.82) is 0 Å². The van der Waals surface area contributed by atoms with Crippen LogP contribution in [0.15, 0.2) is 29.9 Å². The zero-order valence-electron chi connectivity index (χ0n) is 15.8. The minimum atomic E-state index is 0.540. The molecule has 3 heterocycles. The van der Waals surface area contributed by atoms with Gasteiger partial charge in [0.05, 0.1) is 6.54 Å². The lowest BCUT2D eigenvalue weighted by Gasteiger charge is -2.29. The van der Waals surface area contributed by atoms with Crippen LogP contribution in [0.5, 0.6) is 0 Å². The van der Waals surface area contributed by atoms with E-state index in [9.17, 15) is 0 Å². The molecular formula is C20H29N5S. The molecule has 140 valence electrons. The van der Waals surface area contributed by atoms with Gasteiger partial charge < -0.3 is 10.2 Å². The van der Waals surface area contributed by atoms with Gasteiger partial charge in [-0.3, -0.25) is 4.90 Å². The number of nitrogens with zero attached hydrogens (tertiary/aromatic N) is 4. The highest BCUT2D eigenvalue weighted by atomic mass is 32.1. The Hall–Kier alpha value is -1.50. The third kappa shape index (κ3) is 3.77. The monoisotopic (exact) mass is 371 g/mol. The molecule has 6 heteroatoms. The van der Waals surface area contributed by atoms with Crippen molar-refractivity contribution >= 4 is 17.2 Å². The van der Waals surface area contributed by atoms with Crippen molar-refractivity contribution in [2.45, 2.75) is 45.3 Å². The van der Waals surface area contributed by atoms with E-state index in [-0.39, 0.29) is 0 Å². The highest BCUT2D eigenvalue weighted by Crippen LogP contribution is 2.56. The molecule has 1 aliphatic heterocycles. The summed E-state index contributed by atoms with van der Waals surface area (Å²) in [4.78, 5) is 14.0. The van der Waals surface area contributed by atoms with Gasteiger partial charge in [-0.05, 0) is 56.3 Å². The zero-order chi connectivity index (χ0) is 18.0. The molecule has 0 amide bonds. The van der Waals surface area contributed by atoms with Crippen LogP contribution in [0.4, 0.5) is 5.82 Å². The van der Waals surface area contributed by atoms with Gasteiger partial charge in [0.15, 0.2) is 0 Å². The molecule has 1 atom stereocenters. The Morgan fingerprint density at radius 1 is 1.23 bits per heavy atom. The van der Waals surface area contributed by atoms with E-state index < -0.39 is 0 Å². The van der Waals surface area contributed by atoms with E-state index in [0.717, 1.165) is 25.5 Å². The minimum Gasteiger partial charge on any atom is -0.360 e. The second-order valence-corrected chi connectivity index (χ2v) is 8.68. The summed E-state index contributed by atoms with van der Waals surface area (Å²) in [5.41, 5.74) is 1.84. The molecule has 1 aliphatic carbocycles. The van der Waals surface area contributed by atoms with Crippen LogP contribution in [0.2, 0.25) is 0 Å². The van der Waals surface area contributed by atoms with Crippen molar-refractivity contribution in [3.63, 3.8) is 0 Å². The lowest BCUT2D eigenvalue weighted by atomic mass is 9.93. The van der Waals surface area contributed by atoms with Gasteiger partial charge in [-0.15, -0.1) is 11.3 Å². The Morgan fingerprint density at radius 2 is 2.08 bits per heavy atom. The Bertz CT molecular complexity index is 694. The van der Waals surface area contributed by atoms with E-state index >= 15 is 0 Å². The van der Waals surface area contributed by atoms with Gasteiger partial charge in [0.1, 0.15) is 10.8 Å². The number of pyridine rings is 1. The van der Waals surface area contributed by atoms with Gasteiger partial charge in [0.25, 0.3) is 0 Å². The first-order valence-electron chi connectivity index (χ1n) is 9.69. The normalized spacial score (nSPS) is 21.3. The fourth-order valence-corrected chi connectivity index (χ4v) is 4.86. The predicted octanol–water partition coefficient (Wildman–Crippen LogP) is 3.14. The van der Waals surface area contributed by atoms with Gasteiger partial charge in [0, 0.05) is 44.0 Å². The number of aromatic nitrogens is 2. The molecule has 0 bridgehead atoms. The smallest absolute Gasteiger partial charge is 0.128 e. The van der Waals surface area contributed by atoms with Crippen molar-refractivity contribution in [2.75, 3.05) is 31.6 Å². The molecule has 2 aromatic heterocycles. The average molecular weight is 372 g/mol. The van der Waals surface area contributed by atoms with E-state index in [2.05, 4.69) is 56.6 Å². The highest BCUT2D eigenvalue weighted by molar-refractivity contribution is 7.09. The van der Waals surface area contributed by atoms with Crippen LogP contribution in [-0.4, -0.2) is 47.6 Å². The van der Waals surface area contributed by atoms with Gasteiger partial charge in [-0.1, -0.05) is 6.07 Å². The molecule has 5 nitrogen and oxygen atoms in total. The zero-order valence-corrected chi connectivity index (χ0v) is 16.6. The molecule has 2 aromatic rings. The maximum absolute atomic E-state index is 4.66. The molecule has 26 heavy (non-hydrogen) atoms. The number of nitrogens with one attached hydrogen (secondary N) is 1. The van der Waals surface area contributed by atoms with Gasteiger partial charge in [0.2, 0.25) is 0 Å². The number of anilines is 1. The quantitative estimate of drug-likeness (QED) is 0.810. The average Bonchev–Trinajstić information content (AvgIpc) is 3.11. The van der Waals surface area contributed by atoms with E-state index in [1.54, 1.807) is 11.3 Å². The molecule has 4 rings (SSSR count). The minimum absolute atomic E-state index is 0.540. The van der Waals surface area contributed by atoms with Crippen molar-refractivity contribution < 1.29 is 0 Å². The summed E-state index contributed by atoms with van der Waals surface area (Å²) in [7, 11) is 2.09. The number of hydrogen-bond donors (Lipinski definition) is 1. The van der Waals surface area contributed by atoms with Crippen LogP contribution >= 0.6 is 11.3 Å². The molecule has 1 N–H and O–H groups in total. The van der Waals surface area contributed by atoms with Crippen LogP contribution in [0.25, 0.3) is 0 Å². The largest absolute Gasteiger partial charge is 0.360 e. The molecule has 1 unspecified atom stereocenters. The fraction of sp³-hybridized carbons (Fsp3) is 0.600. The molecule has 0 radical (unpaired) electrons. The molecule has 2 aliphatic rings. The van der Waals surface area contributed by atoms with Gasteiger partial charge in [-0.2, -0.15) is 0 Å². The Labute approximate surface area is 160 Å². The lowest BCUT2D eigenvalue weighted by molar-refractivity contribution is 0.187. The third-order valence-corrected chi connectivity index (χ3v) is 6.83. The first-order chi connectivity index (χ1) is 12.7. The van der Waals surface area contributed by atoms with Gasteiger partial charge >= 0.3 is 0 Å². The molecule has 1 saturated carbocycles. The first-order valence-corrected chi connectivity index (χ1v) is 10.6. The fourth-order valence-electron chi connectivity index (χ4n) is 4.22. The van der Waals surface area contributed by atoms with Crippen LogP contribution in [-0.2, 0) is 13.1 Å². The van der Waals surface area contributed by atoms with Crippen molar-refractivity contribution in [2.24, 2.45) is 5.41 Å². The molecule has 1 saturated heterocycles. The highest BCUT2D eigenvalue weighted by Gasteiger charge is 2.56. The van der Waals surface area contributed by atoms with Crippen LogP contribution in [0, 0.1) is 5.41 Å². The number of hydrogen-bond acceptors (Lipinski definition) is 6. The Balaban J connectivity index is 1.48. The summed E-state index contributed by atoms with van der Waals surface area (Å²) in [6.07, 6.45) is 7.93. The SMILES string of the molecule is CCN(C)c1ccc(CN(Cc2nccs2)C2CC23CCNCC3)cn1. The summed E-state index contributed by atoms with van der Waals surface area (Å²) < 4.78 is 0. The maximum atomic E-state index is 4.66. The predicted molar refractivity (Wildman–Crippen MR) is 107 cm³/mol. The Morgan fingerprint density at radius 3 is 2.73 bits per heavy atom. The molecule has 0 aromatic carbocycles. The summed E-state index contributed by atoms with van der Waals surface area (Å²) in [6.45, 7) is 7.37. The third-order valence-electron chi connectivity index (χ3n) is 6.07. The number of rotatable bonds is 7. The lowest BCUT2D eigenvalue weighted by Crippen LogP contribution is -2.35. The Kier molecular flexibility index (Phi) is 5.25. The molecule has 2 fully saturated rings. The number of piperidine rings is 1. The topological polar surface area (TPSA) is 44.3 Å². The van der Waals surface area contributed by atoms with E-state index in [1.165, 1.54) is 42.9 Å². The van der Waals surface area contributed by atoms with E-state index in [1.807, 2.05) is 12.4 Å². The number of thiazole rings is 1. The molecular weight excluding hydrogens is 342 g/mol. The van der Waals surface area contributed by atoms with Gasteiger partial charge in [-0.25, -0.2) is 9.97 Å².